The quantitative estimate of drug-likeness (QED) is 0.854. The smallest absolute Gasteiger partial charge is 0.416 e. The molecule has 0 saturated heterocycles. The number of halogens is 3. The Morgan fingerprint density at radius 3 is 2.52 bits per heavy atom. The van der Waals surface area contributed by atoms with Gasteiger partial charge in [0.25, 0.3) is 10.0 Å². The van der Waals surface area contributed by atoms with Crippen molar-refractivity contribution in [2.45, 2.75) is 17.5 Å². The first-order valence-electron chi connectivity index (χ1n) is 7.76. The molecule has 0 radical (unpaired) electrons. The maximum absolute atomic E-state index is 13.0. The number of alkyl halides is 3. The van der Waals surface area contributed by atoms with E-state index in [1.807, 2.05) is 0 Å². The highest BCUT2D eigenvalue weighted by molar-refractivity contribution is 7.92. The van der Waals surface area contributed by atoms with Gasteiger partial charge in [-0.1, -0.05) is 6.07 Å². The zero-order valence-corrected chi connectivity index (χ0v) is 14.9. The molecular formula is C17H15F3N2O4S. The van der Waals surface area contributed by atoms with Crippen LogP contribution in [0.2, 0.25) is 0 Å². The molecule has 6 nitrogen and oxygen atoms in total. The molecule has 0 spiro atoms. The number of sulfonamides is 1. The van der Waals surface area contributed by atoms with Crippen LogP contribution in [-0.2, 0) is 22.6 Å². The molecule has 2 aromatic rings. The molecule has 2 N–H and O–H groups in total. The van der Waals surface area contributed by atoms with Crippen LogP contribution in [-0.4, -0.2) is 28.0 Å². The third-order valence-electron chi connectivity index (χ3n) is 4.27. The van der Waals surface area contributed by atoms with Gasteiger partial charge in [-0.05, 0) is 36.8 Å². The van der Waals surface area contributed by atoms with E-state index in [9.17, 15) is 26.4 Å². The van der Waals surface area contributed by atoms with Gasteiger partial charge in [0.1, 0.15) is 5.75 Å². The van der Waals surface area contributed by atoms with Gasteiger partial charge >= 0.3 is 6.18 Å². The number of carbonyl (C=O) groups is 1. The van der Waals surface area contributed by atoms with E-state index in [0.717, 1.165) is 22.5 Å². The van der Waals surface area contributed by atoms with Crippen LogP contribution in [0.25, 0.3) is 0 Å². The number of hydrogen-bond donors (Lipinski definition) is 1. The monoisotopic (exact) mass is 400 g/mol. The summed E-state index contributed by atoms with van der Waals surface area (Å²) in [6.07, 6.45) is -4.38. The summed E-state index contributed by atoms with van der Waals surface area (Å²) in [5, 5.41) is 0. The summed E-state index contributed by atoms with van der Waals surface area (Å²) in [5.74, 6) is -0.484. The van der Waals surface area contributed by atoms with Gasteiger partial charge < -0.3 is 10.5 Å². The molecule has 0 fully saturated rings. The SMILES string of the molecule is COc1cc(C(N)=O)cc2c1CCN2S(=O)(=O)c1cccc(C(F)(F)F)c1. The van der Waals surface area contributed by atoms with Crippen molar-refractivity contribution in [1.29, 1.82) is 0 Å². The van der Waals surface area contributed by atoms with Crippen LogP contribution in [0.4, 0.5) is 18.9 Å². The van der Waals surface area contributed by atoms with E-state index in [1.54, 1.807) is 0 Å². The Bertz CT molecular complexity index is 1020. The van der Waals surface area contributed by atoms with Gasteiger partial charge in [0.05, 0.1) is 23.3 Å². The highest BCUT2D eigenvalue weighted by Gasteiger charge is 2.36. The van der Waals surface area contributed by atoms with E-state index in [0.29, 0.717) is 17.4 Å². The molecule has 1 aliphatic heterocycles. The Hall–Kier alpha value is -2.75. The van der Waals surface area contributed by atoms with E-state index in [-0.39, 0.29) is 24.2 Å². The molecule has 27 heavy (non-hydrogen) atoms. The highest BCUT2D eigenvalue weighted by Crippen LogP contribution is 2.40. The molecule has 2 aromatic carbocycles. The highest BCUT2D eigenvalue weighted by atomic mass is 32.2. The Kier molecular flexibility index (Phi) is 4.54. The summed E-state index contributed by atoms with van der Waals surface area (Å²) in [6.45, 7) is 0.00644. The number of fused-ring (bicyclic) bond motifs is 1. The van der Waals surface area contributed by atoms with Crippen LogP contribution in [0.15, 0.2) is 41.3 Å². The van der Waals surface area contributed by atoms with Crippen LogP contribution in [0.3, 0.4) is 0 Å². The second-order valence-corrected chi connectivity index (χ2v) is 7.76. The lowest BCUT2D eigenvalue weighted by Gasteiger charge is -2.21. The number of rotatable bonds is 4. The number of nitrogens with two attached hydrogens (primary N) is 1. The lowest BCUT2D eigenvalue weighted by molar-refractivity contribution is -0.137. The van der Waals surface area contributed by atoms with Crippen LogP contribution >= 0.6 is 0 Å². The van der Waals surface area contributed by atoms with E-state index in [4.69, 9.17) is 10.5 Å². The van der Waals surface area contributed by atoms with Crippen molar-refractivity contribution in [1.82, 2.24) is 0 Å². The van der Waals surface area contributed by atoms with Crippen molar-refractivity contribution >= 4 is 21.6 Å². The lowest BCUT2D eigenvalue weighted by atomic mass is 10.1. The number of benzene rings is 2. The van der Waals surface area contributed by atoms with Gasteiger partial charge in [-0.2, -0.15) is 13.2 Å². The van der Waals surface area contributed by atoms with E-state index >= 15 is 0 Å². The van der Waals surface area contributed by atoms with Crippen molar-refractivity contribution in [3.8, 4) is 5.75 Å². The molecule has 144 valence electrons. The van der Waals surface area contributed by atoms with Crippen molar-refractivity contribution < 1.29 is 31.1 Å². The molecule has 3 rings (SSSR count). The van der Waals surface area contributed by atoms with Crippen molar-refractivity contribution in [2.24, 2.45) is 5.73 Å². The molecule has 0 unspecified atom stereocenters. The molecule has 0 aromatic heterocycles. The van der Waals surface area contributed by atoms with Gasteiger partial charge in [0.2, 0.25) is 5.91 Å². The molecule has 0 saturated carbocycles. The maximum atomic E-state index is 13.0. The second kappa shape index (κ2) is 6.45. The molecule has 0 aliphatic carbocycles. The summed E-state index contributed by atoms with van der Waals surface area (Å²) in [5.41, 5.74) is 4.96. The Morgan fingerprint density at radius 1 is 1.22 bits per heavy atom. The molecule has 1 aliphatic rings. The first-order chi connectivity index (χ1) is 12.6. The first kappa shape index (κ1) is 19.0. The summed E-state index contributed by atoms with van der Waals surface area (Å²) >= 11 is 0. The van der Waals surface area contributed by atoms with Crippen molar-refractivity contribution in [3.05, 3.63) is 53.1 Å². The molecule has 10 heteroatoms. The van der Waals surface area contributed by atoms with E-state index in [2.05, 4.69) is 0 Å². The molecule has 1 amide bonds. The molecule has 1 heterocycles. The number of amides is 1. The summed E-state index contributed by atoms with van der Waals surface area (Å²) < 4.78 is 70.9. The normalized spacial score (nSPS) is 14.1. The Labute approximate surface area is 153 Å². The first-order valence-corrected chi connectivity index (χ1v) is 9.20. The third kappa shape index (κ3) is 3.32. The van der Waals surface area contributed by atoms with E-state index < -0.39 is 32.6 Å². The van der Waals surface area contributed by atoms with Crippen molar-refractivity contribution in [2.75, 3.05) is 18.0 Å². The fraction of sp³-hybridized carbons (Fsp3) is 0.235. The third-order valence-corrected chi connectivity index (χ3v) is 6.08. The predicted octanol–water partition coefficient (Wildman–Crippen LogP) is 2.56. The number of hydrogen-bond acceptors (Lipinski definition) is 4. The number of primary amides is 1. The summed E-state index contributed by atoms with van der Waals surface area (Å²) in [4.78, 5) is 11.0. The standard InChI is InChI=1S/C17H15F3N2O4S/c1-26-15-8-10(16(21)23)7-14-13(15)5-6-22(14)27(24,25)12-4-2-3-11(9-12)17(18,19)20/h2-4,7-9H,5-6H2,1H3,(H2,21,23). The van der Waals surface area contributed by atoms with Gasteiger partial charge in [-0.3, -0.25) is 9.10 Å². The van der Waals surface area contributed by atoms with Crippen LogP contribution in [0.1, 0.15) is 21.5 Å². The Balaban J connectivity index is 2.12. The lowest BCUT2D eigenvalue weighted by Crippen LogP contribution is -2.29. The average molecular weight is 400 g/mol. The van der Waals surface area contributed by atoms with Gasteiger partial charge in [-0.15, -0.1) is 0 Å². The van der Waals surface area contributed by atoms with Crippen molar-refractivity contribution in [3.63, 3.8) is 0 Å². The summed E-state index contributed by atoms with van der Waals surface area (Å²) in [6, 6.07) is 6.22. The minimum absolute atomic E-state index is 0.00644. The fourth-order valence-corrected chi connectivity index (χ4v) is 4.51. The number of ether oxygens (including phenoxy) is 1. The zero-order chi connectivity index (χ0) is 20.0. The Morgan fingerprint density at radius 2 is 1.93 bits per heavy atom. The molecule has 0 atom stereocenters. The minimum Gasteiger partial charge on any atom is -0.496 e. The number of nitrogens with zero attached hydrogens (tertiary/aromatic N) is 1. The topological polar surface area (TPSA) is 89.7 Å². The van der Waals surface area contributed by atoms with Crippen LogP contribution in [0.5, 0.6) is 5.75 Å². The van der Waals surface area contributed by atoms with E-state index in [1.165, 1.54) is 19.2 Å². The summed E-state index contributed by atoms with van der Waals surface area (Å²) in [7, 11) is -2.91. The minimum atomic E-state index is -4.67. The molecular weight excluding hydrogens is 385 g/mol. The maximum Gasteiger partial charge on any atom is 0.416 e. The van der Waals surface area contributed by atoms with Gasteiger partial charge in [-0.25, -0.2) is 8.42 Å². The number of carbonyl (C=O) groups excluding carboxylic acids is 1. The van der Waals surface area contributed by atoms with Crippen LogP contribution in [0, 0.1) is 0 Å². The predicted molar refractivity (Wildman–Crippen MR) is 91.2 cm³/mol. The fourth-order valence-electron chi connectivity index (χ4n) is 2.97. The zero-order valence-electron chi connectivity index (χ0n) is 14.1. The van der Waals surface area contributed by atoms with Gasteiger partial charge in [0.15, 0.2) is 0 Å². The second-order valence-electron chi connectivity index (χ2n) is 5.89. The largest absolute Gasteiger partial charge is 0.496 e. The number of methoxy groups -OCH3 is 1. The molecule has 0 bridgehead atoms. The van der Waals surface area contributed by atoms with Crippen LogP contribution < -0.4 is 14.8 Å². The number of anilines is 1. The average Bonchev–Trinajstić information content (AvgIpc) is 3.05. The van der Waals surface area contributed by atoms with Gasteiger partial charge in [0, 0.05) is 17.7 Å².